The van der Waals surface area contributed by atoms with Crippen molar-refractivity contribution in [1.29, 1.82) is 0 Å². The lowest BCUT2D eigenvalue weighted by atomic mass is 10.1. The molecule has 0 radical (unpaired) electrons. The number of hydrogen-bond acceptors (Lipinski definition) is 8. The van der Waals surface area contributed by atoms with Crippen LogP contribution in [-0.2, 0) is 6.42 Å². The first kappa shape index (κ1) is 24.3. The number of esters is 1. The van der Waals surface area contributed by atoms with Crippen LogP contribution in [0.1, 0.15) is 37.5 Å². The Morgan fingerprint density at radius 3 is 2.51 bits per heavy atom. The number of hydrogen-bond donors (Lipinski definition) is 1. The second kappa shape index (κ2) is 10.7. The molecule has 4 aromatic rings. The summed E-state index contributed by atoms with van der Waals surface area (Å²) < 4.78 is 16.1. The molecule has 9 heteroatoms. The van der Waals surface area contributed by atoms with Gasteiger partial charge in [-0.3, -0.25) is 9.59 Å². The summed E-state index contributed by atoms with van der Waals surface area (Å²) in [5.74, 6) is 1.17. The monoisotopic (exact) mass is 514 g/mol. The van der Waals surface area contributed by atoms with Gasteiger partial charge in [-0.1, -0.05) is 36.0 Å². The Hall–Kier alpha value is -4.37. The van der Waals surface area contributed by atoms with Gasteiger partial charge in [0.05, 0.1) is 17.0 Å². The number of rotatable bonds is 8. The van der Waals surface area contributed by atoms with E-state index in [0.717, 1.165) is 17.3 Å². The highest BCUT2D eigenvalue weighted by molar-refractivity contribution is 7.99. The number of benzene rings is 3. The van der Waals surface area contributed by atoms with Crippen molar-refractivity contribution in [1.82, 2.24) is 9.97 Å². The Labute approximate surface area is 216 Å². The number of nitrogens with zero attached hydrogens (tertiary/aromatic N) is 1. The zero-order valence-electron chi connectivity index (χ0n) is 19.9. The second-order valence-corrected chi connectivity index (χ2v) is 9.26. The molecule has 37 heavy (non-hydrogen) atoms. The summed E-state index contributed by atoms with van der Waals surface area (Å²) in [5.41, 5.74) is 2.74. The minimum Gasteiger partial charge on any atom is -0.454 e. The van der Waals surface area contributed by atoms with Crippen LogP contribution in [0.2, 0.25) is 0 Å². The van der Waals surface area contributed by atoms with E-state index in [-0.39, 0.29) is 23.9 Å². The van der Waals surface area contributed by atoms with Crippen LogP contribution in [0, 0.1) is 6.92 Å². The Balaban J connectivity index is 1.22. The fraction of sp³-hybridized carbons (Fsp3) is 0.143. The van der Waals surface area contributed by atoms with Gasteiger partial charge in [-0.05, 0) is 61.0 Å². The number of thioether (sulfide) groups is 1. The van der Waals surface area contributed by atoms with E-state index in [9.17, 15) is 14.4 Å². The average Bonchev–Trinajstić information content (AvgIpc) is 3.39. The number of fused-ring (bicyclic) bond motifs is 1. The molecule has 1 aromatic heterocycles. The number of H-pyrrole nitrogens is 1. The van der Waals surface area contributed by atoms with E-state index in [1.54, 1.807) is 55.5 Å². The van der Waals surface area contributed by atoms with Gasteiger partial charge < -0.3 is 19.2 Å². The van der Waals surface area contributed by atoms with Crippen LogP contribution < -0.4 is 19.8 Å². The fourth-order valence-electron chi connectivity index (χ4n) is 3.71. The average molecular weight is 515 g/mol. The first-order valence-electron chi connectivity index (χ1n) is 11.5. The minimum absolute atomic E-state index is 0.0820. The molecule has 0 saturated carbocycles. The van der Waals surface area contributed by atoms with Gasteiger partial charge in [-0.25, -0.2) is 9.78 Å². The van der Waals surface area contributed by atoms with Crippen molar-refractivity contribution >= 4 is 23.5 Å². The Morgan fingerprint density at radius 1 is 0.973 bits per heavy atom. The van der Waals surface area contributed by atoms with Gasteiger partial charge in [-0.2, -0.15) is 0 Å². The summed E-state index contributed by atoms with van der Waals surface area (Å²) in [7, 11) is 0. The highest BCUT2D eigenvalue weighted by Crippen LogP contribution is 2.33. The van der Waals surface area contributed by atoms with Crippen molar-refractivity contribution in [2.45, 2.75) is 18.5 Å². The summed E-state index contributed by atoms with van der Waals surface area (Å²) in [4.78, 5) is 44.8. The molecular formula is C28H22N2O6S. The minimum atomic E-state index is -0.471. The van der Waals surface area contributed by atoms with Gasteiger partial charge in [-0.15, -0.1) is 0 Å². The van der Waals surface area contributed by atoms with E-state index >= 15 is 0 Å². The molecule has 8 nitrogen and oxygen atoms in total. The molecule has 1 aliphatic rings. The van der Waals surface area contributed by atoms with Gasteiger partial charge in [0, 0.05) is 17.5 Å². The third kappa shape index (κ3) is 5.73. The number of nitrogens with one attached hydrogen (secondary N) is 1. The highest BCUT2D eigenvalue weighted by atomic mass is 32.2. The lowest BCUT2D eigenvalue weighted by molar-refractivity contribution is 0.0734. The lowest BCUT2D eigenvalue weighted by Gasteiger charge is -2.09. The van der Waals surface area contributed by atoms with Crippen molar-refractivity contribution in [3.8, 4) is 17.2 Å². The molecule has 0 amide bonds. The van der Waals surface area contributed by atoms with Crippen LogP contribution in [0.5, 0.6) is 17.2 Å². The predicted molar refractivity (Wildman–Crippen MR) is 138 cm³/mol. The number of Topliss-reactive ketones (excluding diaryl/α,β-unsaturated/α-hetero) is 1. The topological polar surface area (TPSA) is 108 Å². The van der Waals surface area contributed by atoms with Gasteiger partial charge in [0.25, 0.3) is 5.56 Å². The van der Waals surface area contributed by atoms with Crippen molar-refractivity contribution in [2.75, 3.05) is 12.5 Å². The van der Waals surface area contributed by atoms with Crippen LogP contribution >= 0.6 is 11.8 Å². The zero-order valence-corrected chi connectivity index (χ0v) is 20.7. The van der Waals surface area contributed by atoms with E-state index in [2.05, 4.69) is 9.97 Å². The van der Waals surface area contributed by atoms with Crippen LogP contribution in [0.3, 0.4) is 0 Å². The molecule has 3 aromatic carbocycles. The lowest BCUT2D eigenvalue weighted by Crippen LogP contribution is -2.16. The van der Waals surface area contributed by atoms with Gasteiger partial charge in [0.1, 0.15) is 5.75 Å². The van der Waals surface area contributed by atoms with E-state index in [1.807, 2.05) is 24.3 Å². The summed E-state index contributed by atoms with van der Waals surface area (Å²) >= 11 is 1.16. The quantitative estimate of drug-likeness (QED) is 0.120. The maximum atomic E-state index is 12.7. The molecule has 186 valence electrons. The third-order valence-corrected chi connectivity index (χ3v) is 6.65. The zero-order chi connectivity index (χ0) is 25.8. The smallest absolute Gasteiger partial charge is 0.343 e. The Bertz CT molecular complexity index is 1520. The van der Waals surface area contributed by atoms with Gasteiger partial charge in [0.15, 0.2) is 22.4 Å². The molecule has 0 aliphatic carbocycles. The van der Waals surface area contributed by atoms with Gasteiger partial charge >= 0.3 is 5.97 Å². The molecule has 2 heterocycles. The first-order valence-corrected chi connectivity index (χ1v) is 12.5. The van der Waals surface area contributed by atoms with Crippen LogP contribution in [0.4, 0.5) is 0 Å². The first-order chi connectivity index (χ1) is 18.0. The predicted octanol–water partition coefficient (Wildman–Crippen LogP) is 4.59. The number of ketones is 1. The number of aromatic nitrogens is 2. The van der Waals surface area contributed by atoms with E-state index in [4.69, 9.17) is 14.2 Å². The standard InChI is InChI=1S/C28H22N2O6S/c1-17-22(13-18-7-12-24-25(14-18)35-16-34-24)29-28(30-26(17)32)37-15-23(31)19-8-10-21(11-9-19)36-27(33)20-5-3-2-4-6-20/h2-12,14H,13,15-16H2,1H3,(H,29,30,32). The van der Waals surface area contributed by atoms with E-state index in [1.165, 1.54) is 0 Å². The molecule has 5 rings (SSSR count). The summed E-state index contributed by atoms with van der Waals surface area (Å²) in [5, 5.41) is 0.369. The molecule has 1 N–H and O–H groups in total. The van der Waals surface area contributed by atoms with Crippen molar-refractivity contribution in [3.05, 3.63) is 111 Å². The number of carbonyl (C=O) groups excluding carboxylic acids is 2. The van der Waals surface area contributed by atoms with Crippen molar-refractivity contribution in [3.63, 3.8) is 0 Å². The largest absolute Gasteiger partial charge is 0.454 e. The summed E-state index contributed by atoms with van der Waals surface area (Å²) in [6.45, 7) is 1.91. The molecule has 0 saturated heterocycles. The normalized spacial score (nSPS) is 11.8. The molecule has 0 unspecified atom stereocenters. The van der Waals surface area contributed by atoms with Crippen LogP contribution in [-0.4, -0.2) is 34.3 Å². The van der Waals surface area contributed by atoms with E-state index in [0.29, 0.717) is 51.2 Å². The Kier molecular flexibility index (Phi) is 7.04. The maximum absolute atomic E-state index is 12.7. The summed E-state index contributed by atoms with van der Waals surface area (Å²) in [6.07, 6.45) is 0.442. The molecule has 0 spiro atoms. The van der Waals surface area contributed by atoms with Gasteiger partial charge in [0.2, 0.25) is 6.79 Å². The van der Waals surface area contributed by atoms with Crippen molar-refractivity contribution in [2.24, 2.45) is 0 Å². The maximum Gasteiger partial charge on any atom is 0.343 e. The van der Waals surface area contributed by atoms with Crippen LogP contribution in [0.15, 0.2) is 82.7 Å². The van der Waals surface area contributed by atoms with Crippen molar-refractivity contribution < 1.29 is 23.8 Å². The molecular weight excluding hydrogens is 492 g/mol. The molecule has 0 bridgehead atoms. The molecule has 0 atom stereocenters. The number of carbonyl (C=O) groups is 2. The Morgan fingerprint density at radius 2 is 1.73 bits per heavy atom. The molecule has 1 aliphatic heterocycles. The number of ether oxygens (including phenoxy) is 3. The summed E-state index contributed by atoms with van der Waals surface area (Å²) in [6, 6.07) is 20.7. The number of aromatic amines is 1. The van der Waals surface area contributed by atoms with E-state index < -0.39 is 5.97 Å². The SMILES string of the molecule is Cc1c(Cc2ccc3c(c2)OCO3)nc(SCC(=O)c2ccc(OC(=O)c3ccccc3)cc2)[nH]c1=O. The second-order valence-electron chi connectivity index (χ2n) is 8.30. The highest BCUT2D eigenvalue weighted by Gasteiger charge is 2.16. The fourth-order valence-corrected chi connectivity index (χ4v) is 4.48. The molecule has 0 fully saturated rings. The third-order valence-electron chi connectivity index (χ3n) is 5.78. The van der Waals surface area contributed by atoms with Crippen LogP contribution in [0.25, 0.3) is 0 Å².